The van der Waals surface area contributed by atoms with Gasteiger partial charge in [-0.25, -0.2) is 8.78 Å². The van der Waals surface area contributed by atoms with Crippen molar-refractivity contribution < 1.29 is 22.0 Å². The zero-order valence-corrected chi connectivity index (χ0v) is 11.4. The van der Waals surface area contributed by atoms with Gasteiger partial charge < -0.3 is 5.73 Å². The van der Waals surface area contributed by atoms with Crippen molar-refractivity contribution in [2.24, 2.45) is 5.73 Å². The first kappa shape index (κ1) is 15.8. The summed E-state index contributed by atoms with van der Waals surface area (Å²) >= 11 is 0.525. The first-order valence-electron chi connectivity index (χ1n) is 5.84. The molecule has 0 atom stereocenters. The van der Waals surface area contributed by atoms with E-state index in [0.29, 0.717) is 17.3 Å². The van der Waals surface area contributed by atoms with Crippen LogP contribution in [0.2, 0.25) is 0 Å². The average Bonchev–Trinajstić information content (AvgIpc) is 2.42. The number of benzene rings is 2. The molecule has 2 rings (SSSR count). The third-order valence-corrected chi connectivity index (χ3v) is 3.81. The van der Waals surface area contributed by atoms with Gasteiger partial charge in [-0.3, -0.25) is 0 Å². The highest BCUT2D eigenvalue weighted by atomic mass is 32.2. The van der Waals surface area contributed by atoms with Crippen molar-refractivity contribution in [3.63, 3.8) is 0 Å². The first-order valence-corrected chi connectivity index (χ1v) is 6.66. The molecule has 0 fully saturated rings. The second kappa shape index (κ2) is 6.03. The number of rotatable bonds is 3. The van der Waals surface area contributed by atoms with Crippen LogP contribution in [0.15, 0.2) is 46.2 Å². The van der Waals surface area contributed by atoms with E-state index in [0.717, 1.165) is 24.3 Å². The Morgan fingerprint density at radius 2 is 1.67 bits per heavy atom. The summed E-state index contributed by atoms with van der Waals surface area (Å²) in [5, 5.41) is 0. The summed E-state index contributed by atoms with van der Waals surface area (Å²) in [6, 6.07) is 6.19. The Labute approximate surface area is 122 Å². The molecule has 0 bridgehead atoms. The maximum Gasteiger partial charge on any atom is 0.417 e. The molecule has 0 aromatic heterocycles. The van der Waals surface area contributed by atoms with Gasteiger partial charge in [-0.15, -0.1) is 0 Å². The fraction of sp³-hybridized carbons (Fsp3) is 0.143. The molecule has 0 unspecified atom stereocenters. The molecular formula is C14H10F5NS. The predicted molar refractivity (Wildman–Crippen MR) is 69.8 cm³/mol. The number of hydrogen-bond donors (Lipinski definition) is 1. The van der Waals surface area contributed by atoms with Crippen molar-refractivity contribution in [1.82, 2.24) is 0 Å². The van der Waals surface area contributed by atoms with Gasteiger partial charge in [-0.2, -0.15) is 13.2 Å². The average molecular weight is 319 g/mol. The fourth-order valence-electron chi connectivity index (χ4n) is 1.69. The number of nitrogens with two attached hydrogens (primary N) is 1. The molecular weight excluding hydrogens is 309 g/mol. The van der Waals surface area contributed by atoms with Crippen molar-refractivity contribution in [1.29, 1.82) is 0 Å². The molecule has 0 radical (unpaired) electrons. The molecule has 0 saturated heterocycles. The van der Waals surface area contributed by atoms with Gasteiger partial charge in [-0.05, 0) is 35.9 Å². The van der Waals surface area contributed by atoms with Crippen LogP contribution in [0.1, 0.15) is 11.1 Å². The van der Waals surface area contributed by atoms with E-state index >= 15 is 0 Å². The SMILES string of the molecule is NCc1ccc(Sc2cc(F)ccc2F)c(C(F)(F)F)c1. The normalized spacial score (nSPS) is 11.7. The monoisotopic (exact) mass is 319 g/mol. The van der Waals surface area contributed by atoms with Crippen LogP contribution in [0, 0.1) is 11.6 Å². The van der Waals surface area contributed by atoms with Crippen molar-refractivity contribution in [2.75, 3.05) is 0 Å². The molecule has 2 aromatic carbocycles. The zero-order chi connectivity index (χ0) is 15.6. The smallest absolute Gasteiger partial charge is 0.326 e. The third-order valence-electron chi connectivity index (χ3n) is 2.70. The summed E-state index contributed by atoms with van der Waals surface area (Å²) in [7, 11) is 0. The van der Waals surface area contributed by atoms with E-state index in [1.54, 1.807) is 0 Å². The molecule has 0 amide bonds. The Morgan fingerprint density at radius 3 is 2.29 bits per heavy atom. The predicted octanol–water partition coefficient (Wildman–Crippen LogP) is 4.59. The standard InChI is InChI=1S/C14H10F5NS/c15-9-2-3-11(16)13(6-9)21-12-4-1-8(7-20)5-10(12)14(17,18)19/h1-6H,7,20H2. The Bertz CT molecular complexity index is 654. The number of alkyl halides is 3. The molecule has 7 heteroatoms. The summed E-state index contributed by atoms with van der Waals surface area (Å²) in [5.41, 5.74) is 4.72. The quantitative estimate of drug-likeness (QED) is 0.837. The summed E-state index contributed by atoms with van der Waals surface area (Å²) in [5.74, 6) is -1.50. The molecule has 0 aliphatic carbocycles. The number of halogens is 5. The summed E-state index contributed by atoms with van der Waals surface area (Å²) in [6.07, 6.45) is -4.60. The fourth-order valence-corrected chi connectivity index (χ4v) is 2.68. The molecule has 0 aliphatic heterocycles. The van der Waals surface area contributed by atoms with E-state index < -0.39 is 23.4 Å². The van der Waals surface area contributed by atoms with E-state index in [9.17, 15) is 22.0 Å². The highest BCUT2D eigenvalue weighted by Crippen LogP contribution is 2.40. The van der Waals surface area contributed by atoms with Crippen molar-refractivity contribution in [2.45, 2.75) is 22.5 Å². The summed E-state index contributed by atoms with van der Waals surface area (Å²) in [6.45, 7) is -0.0393. The van der Waals surface area contributed by atoms with Crippen LogP contribution in [0.4, 0.5) is 22.0 Å². The molecule has 1 nitrogen and oxygen atoms in total. The van der Waals surface area contributed by atoms with Gasteiger partial charge >= 0.3 is 6.18 Å². The largest absolute Gasteiger partial charge is 0.417 e. The van der Waals surface area contributed by atoms with Crippen molar-refractivity contribution in [3.05, 3.63) is 59.2 Å². The first-order chi connectivity index (χ1) is 9.81. The van der Waals surface area contributed by atoms with E-state index in [1.807, 2.05) is 0 Å². The lowest BCUT2D eigenvalue weighted by Gasteiger charge is -2.14. The van der Waals surface area contributed by atoms with E-state index in [1.165, 1.54) is 12.1 Å². The molecule has 0 saturated carbocycles. The van der Waals surface area contributed by atoms with Crippen LogP contribution in [0.3, 0.4) is 0 Å². The summed E-state index contributed by atoms with van der Waals surface area (Å²) < 4.78 is 65.7. The summed E-state index contributed by atoms with van der Waals surface area (Å²) in [4.78, 5) is -0.412. The van der Waals surface area contributed by atoms with Crippen molar-refractivity contribution in [3.8, 4) is 0 Å². The molecule has 2 N–H and O–H groups in total. The Hall–Kier alpha value is -1.60. The lowest BCUT2D eigenvalue weighted by Crippen LogP contribution is -2.09. The lowest BCUT2D eigenvalue weighted by molar-refractivity contribution is -0.139. The molecule has 0 spiro atoms. The molecule has 0 aliphatic rings. The minimum atomic E-state index is -4.60. The minimum Gasteiger partial charge on any atom is -0.326 e. The van der Waals surface area contributed by atoms with Crippen LogP contribution >= 0.6 is 11.8 Å². The minimum absolute atomic E-state index is 0.0393. The van der Waals surface area contributed by atoms with E-state index in [4.69, 9.17) is 5.73 Å². The molecule has 21 heavy (non-hydrogen) atoms. The van der Waals surface area contributed by atoms with Gasteiger partial charge in [0.2, 0.25) is 0 Å². The Kier molecular flexibility index (Phi) is 4.53. The topological polar surface area (TPSA) is 26.0 Å². The van der Waals surface area contributed by atoms with E-state index in [-0.39, 0.29) is 16.3 Å². The third kappa shape index (κ3) is 3.74. The second-order valence-corrected chi connectivity index (χ2v) is 5.29. The maximum atomic E-state index is 13.5. The van der Waals surface area contributed by atoms with Gasteiger partial charge in [-0.1, -0.05) is 17.8 Å². The zero-order valence-electron chi connectivity index (χ0n) is 10.5. The Morgan fingerprint density at radius 1 is 0.952 bits per heavy atom. The maximum absolute atomic E-state index is 13.5. The van der Waals surface area contributed by atoms with Gasteiger partial charge in [0.05, 0.1) is 10.5 Å². The highest BCUT2D eigenvalue weighted by Gasteiger charge is 2.34. The highest BCUT2D eigenvalue weighted by molar-refractivity contribution is 7.99. The molecule has 112 valence electrons. The van der Waals surface area contributed by atoms with Gasteiger partial charge in [0.15, 0.2) is 0 Å². The van der Waals surface area contributed by atoms with Crippen molar-refractivity contribution >= 4 is 11.8 Å². The van der Waals surface area contributed by atoms with Gasteiger partial charge in [0.25, 0.3) is 0 Å². The van der Waals surface area contributed by atoms with Gasteiger partial charge in [0.1, 0.15) is 11.6 Å². The molecule has 2 aromatic rings. The van der Waals surface area contributed by atoms with Crippen LogP contribution in [-0.2, 0) is 12.7 Å². The Balaban J connectivity index is 2.46. The second-order valence-electron chi connectivity index (χ2n) is 4.21. The van der Waals surface area contributed by atoms with E-state index in [2.05, 4.69) is 0 Å². The van der Waals surface area contributed by atoms with Crippen LogP contribution in [0.25, 0.3) is 0 Å². The van der Waals surface area contributed by atoms with Crippen LogP contribution < -0.4 is 5.73 Å². The van der Waals surface area contributed by atoms with Crippen LogP contribution in [0.5, 0.6) is 0 Å². The lowest BCUT2D eigenvalue weighted by atomic mass is 10.1. The molecule has 0 heterocycles. The van der Waals surface area contributed by atoms with Crippen LogP contribution in [-0.4, -0.2) is 0 Å². The van der Waals surface area contributed by atoms with Gasteiger partial charge in [0, 0.05) is 11.4 Å². The number of hydrogen-bond acceptors (Lipinski definition) is 2.